The molecule has 0 atom stereocenters. The third kappa shape index (κ3) is 4.41. The first-order valence-corrected chi connectivity index (χ1v) is 12.0. The van der Waals surface area contributed by atoms with Gasteiger partial charge in [-0.3, -0.25) is 4.90 Å². The van der Waals surface area contributed by atoms with Crippen LogP contribution < -0.4 is 5.63 Å². The second-order valence-corrected chi connectivity index (χ2v) is 10.5. The van der Waals surface area contributed by atoms with Crippen LogP contribution in [-0.2, 0) is 16.6 Å². The highest BCUT2D eigenvalue weighted by molar-refractivity contribution is 7.89. The molecule has 0 radical (unpaired) electrons. The Labute approximate surface area is 187 Å². The Bertz CT molecular complexity index is 1310. The molecule has 1 aliphatic heterocycles. The number of piperazine rings is 1. The first kappa shape index (κ1) is 22.0. The predicted molar refractivity (Wildman–Crippen MR) is 122 cm³/mol. The maximum Gasteiger partial charge on any atom is 0.336 e. The van der Waals surface area contributed by atoms with Crippen molar-refractivity contribution in [1.29, 1.82) is 0 Å². The average molecular weight is 461 g/mol. The Balaban J connectivity index is 1.52. The molecule has 1 fully saturated rings. The second-order valence-electron chi connectivity index (χ2n) is 8.14. The van der Waals surface area contributed by atoms with Crippen molar-refractivity contribution < 1.29 is 12.8 Å². The Morgan fingerprint density at radius 3 is 2.35 bits per heavy atom. The van der Waals surface area contributed by atoms with E-state index in [1.165, 1.54) is 6.07 Å². The van der Waals surface area contributed by atoms with Gasteiger partial charge < -0.3 is 4.42 Å². The van der Waals surface area contributed by atoms with Crippen molar-refractivity contribution >= 4 is 32.6 Å². The van der Waals surface area contributed by atoms with Crippen LogP contribution in [0.25, 0.3) is 11.0 Å². The SMILES string of the molecule is Cc1ccc(S(=O)(=O)N2CCN(Cc3cc(=O)oc4cc(C)c(Cl)cc34)CC2)c(C)c1. The Hall–Kier alpha value is -2.19. The van der Waals surface area contributed by atoms with Gasteiger partial charge in [-0.1, -0.05) is 29.3 Å². The molecule has 2 heterocycles. The van der Waals surface area contributed by atoms with Crippen LogP contribution in [0, 0.1) is 20.8 Å². The molecule has 0 saturated carbocycles. The summed E-state index contributed by atoms with van der Waals surface area (Å²) >= 11 is 6.29. The summed E-state index contributed by atoms with van der Waals surface area (Å²) in [6.45, 7) is 8.11. The van der Waals surface area contributed by atoms with Crippen molar-refractivity contribution in [2.45, 2.75) is 32.2 Å². The highest BCUT2D eigenvalue weighted by Crippen LogP contribution is 2.27. The third-order valence-electron chi connectivity index (χ3n) is 5.78. The van der Waals surface area contributed by atoms with Gasteiger partial charge in [0.1, 0.15) is 5.58 Å². The summed E-state index contributed by atoms with van der Waals surface area (Å²) < 4.78 is 33.1. The third-order valence-corrected chi connectivity index (χ3v) is 8.25. The zero-order valence-electron chi connectivity index (χ0n) is 17.8. The normalized spacial score (nSPS) is 16.1. The molecule has 0 amide bonds. The van der Waals surface area contributed by atoms with Crippen molar-refractivity contribution in [2.24, 2.45) is 0 Å². The van der Waals surface area contributed by atoms with E-state index in [1.807, 2.05) is 39.0 Å². The maximum atomic E-state index is 13.1. The fourth-order valence-electron chi connectivity index (χ4n) is 4.08. The van der Waals surface area contributed by atoms with Crippen molar-refractivity contribution in [3.05, 3.63) is 74.1 Å². The molecule has 0 aliphatic carbocycles. The summed E-state index contributed by atoms with van der Waals surface area (Å²) in [5, 5.41) is 1.42. The Kier molecular flexibility index (Phi) is 5.96. The number of nitrogens with zero attached hydrogens (tertiary/aromatic N) is 2. The Morgan fingerprint density at radius 2 is 1.68 bits per heavy atom. The van der Waals surface area contributed by atoms with Gasteiger partial charge in [0.15, 0.2) is 0 Å². The minimum atomic E-state index is -3.53. The van der Waals surface area contributed by atoms with Crippen molar-refractivity contribution in [3.8, 4) is 0 Å². The molecule has 31 heavy (non-hydrogen) atoms. The summed E-state index contributed by atoms with van der Waals surface area (Å²) in [6, 6.07) is 10.5. The monoisotopic (exact) mass is 460 g/mol. The van der Waals surface area contributed by atoms with Gasteiger partial charge in [-0.25, -0.2) is 13.2 Å². The van der Waals surface area contributed by atoms with Crippen LogP contribution in [0.2, 0.25) is 5.02 Å². The quantitative estimate of drug-likeness (QED) is 0.552. The number of sulfonamides is 1. The average Bonchev–Trinajstić information content (AvgIpc) is 2.69. The summed E-state index contributed by atoms with van der Waals surface area (Å²) in [4.78, 5) is 14.5. The second kappa shape index (κ2) is 8.39. The topological polar surface area (TPSA) is 70.8 Å². The van der Waals surface area contributed by atoms with Crippen LogP contribution in [0.5, 0.6) is 0 Å². The fraction of sp³-hybridized carbons (Fsp3) is 0.348. The largest absolute Gasteiger partial charge is 0.423 e. The lowest BCUT2D eigenvalue weighted by Crippen LogP contribution is -2.48. The first-order valence-electron chi connectivity index (χ1n) is 10.2. The smallest absolute Gasteiger partial charge is 0.336 e. The molecule has 0 spiro atoms. The van der Waals surface area contributed by atoms with Crippen molar-refractivity contribution in [2.75, 3.05) is 26.2 Å². The van der Waals surface area contributed by atoms with Crippen LogP contribution in [0.1, 0.15) is 22.3 Å². The van der Waals surface area contributed by atoms with E-state index in [4.69, 9.17) is 16.0 Å². The van der Waals surface area contributed by atoms with E-state index in [2.05, 4.69) is 4.90 Å². The van der Waals surface area contributed by atoms with E-state index in [0.29, 0.717) is 48.2 Å². The zero-order chi connectivity index (χ0) is 22.3. The molecular formula is C23H25ClN2O4S. The van der Waals surface area contributed by atoms with Crippen LogP contribution in [0.3, 0.4) is 0 Å². The summed E-state index contributed by atoms with van der Waals surface area (Å²) in [6.07, 6.45) is 0. The molecule has 164 valence electrons. The number of rotatable bonds is 4. The first-order chi connectivity index (χ1) is 14.6. The minimum Gasteiger partial charge on any atom is -0.423 e. The van der Waals surface area contributed by atoms with Gasteiger partial charge in [0.2, 0.25) is 10.0 Å². The van der Waals surface area contributed by atoms with Gasteiger partial charge in [0.05, 0.1) is 4.90 Å². The number of benzene rings is 2. The number of halogens is 1. The van der Waals surface area contributed by atoms with Crippen LogP contribution in [0.15, 0.2) is 50.5 Å². The molecular weight excluding hydrogens is 436 g/mol. The number of hydrogen-bond donors (Lipinski definition) is 0. The molecule has 8 heteroatoms. The molecule has 1 aromatic heterocycles. The van der Waals surface area contributed by atoms with E-state index < -0.39 is 15.6 Å². The molecule has 4 rings (SSSR count). The standard InChI is InChI=1S/C23H25ClN2O4S/c1-15-4-5-22(17(3)10-15)31(28,29)26-8-6-25(7-9-26)14-18-12-23(27)30-21-11-16(2)20(24)13-19(18)21/h4-5,10-13H,6-9,14H2,1-3H3. The number of aryl methyl sites for hydroxylation is 3. The van der Waals surface area contributed by atoms with Crippen LogP contribution in [0.4, 0.5) is 0 Å². The highest BCUT2D eigenvalue weighted by Gasteiger charge is 2.29. The molecule has 6 nitrogen and oxygen atoms in total. The van der Waals surface area contributed by atoms with Gasteiger partial charge in [-0.2, -0.15) is 4.31 Å². The zero-order valence-corrected chi connectivity index (χ0v) is 19.4. The van der Waals surface area contributed by atoms with Crippen molar-refractivity contribution in [3.63, 3.8) is 0 Å². The molecule has 2 aromatic carbocycles. The molecule has 3 aromatic rings. The number of hydrogen-bond acceptors (Lipinski definition) is 5. The van der Waals surface area contributed by atoms with E-state index >= 15 is 0 Å². The number of fused-ring (bicyclic) bond motifs is 1. The lowest BCUT2D eigenvalue weighted by atomic mass is 10.1. The van der Waals surface area contributed by atoms with Crippen molar-refractivity contribution in [1.82, 2.24) is 9.21 Å². The Morgan fingerprint density at radius 1 is 0.968 bits per heavy atom. The van der Waals surface area contributed by atoms with E-state index in [1.54, 1.807) is 16.4 Å². The van der Waals surface area contributed by atoms with Gasteiger partial charge in [-0.05, 0) is 55.7 Å². The van der Waals surface area contributed by atoms with E-state index in [9.17, 15) is 13.2 Å². The van der Waals surface area contributed by atoms with E-state index in [0.717, 1.165) is 27.6 Å². The highest BCUT2D eigenvalue weighted by atomic mass is 35.5. The minimum absolute atomic E-state index is 0.364. The molecule has 0 N–H and O–H groups in total. The molecule has 1 aliphatic rings. The molecule has 1 saturated heterocycles. The fourth-order valence-corrected chi connectivity index (χ4v) is 5.87. The van der Waals surface area contributed by atoms with Gasteiger partial charge >= 0.3 is 5.63 Å². The molecule has 0 unspecified atom stereocenters. The lowest BCUT2D eigenvalue weighted by Gasteiger charge is -2.34. The molecule has 0 bridgehead atoms. The van der Waals surface area contributed by atoms with Crippen LogP contribution in [-0.4, -0.2) is 43.8 Å². The summed E-state index contributed by atoms with van der Waals surface area (Å²) in [5.74, 6) is 0. The lowest BCUT2D eigenvalue weighted by molar-refractivity contribution is 0.182. The van der Waals surface area contributed by atoms with Gasteiger partial charge in [0, 0.05) is 49.2 Å². The predicted octanol–water partition coefficient (Wildman–Crippen LogP) is 3.88. The van der Waals surface area contributed by atoms with Crippen LogP contribution >= 0.6 is 11.6 Å². The summed E-state index contributed by atoms with van der Waals surface area (Å²) in [5.41, 5.74) is 3.59. The van der Waals surface area contributed by atoms with Gasteiger partial charge in [0.25, 0.3) is 0 Å². The maximum absolute atomic E-state index is 13.1. The van der Waals surface area contributed by atoms with E-state index in [-0.39, 0.29) is 0 Å². The van der Waals surface area contributed by atoms with Gasteiger partial charge in [-0.15, -0.1) is 0 Å². The summed E-state index contributed by atoms with van der Waals surface area (Å²) in [7, 11) is -3.53.